The number of quaternary nitrogens is 1. The zero-order valence-electron chi connectivity index (χ0n) is 17.7. The molecule has 0 fully saturated rings. The molecule has 34 heavy (non-hydrogen) atoms. The topological polar surface area (TPSA) is 101 Å². The fraction of sp³-hybridized carbons (Fsp3) is 0.0833. The fourth-order valence-electron chi connectivity index (χ4n) is 3.93. The Morgan fingerprint density at radius 1 is 1.03 bits per heavy atom. The van der Waals surface area contributed by atoms with Gasteiger partial charge < -0.3 is 4.57 Å². The van der Waals surface area contributed by atoms with Gasteiger partial charge in [0.15, 0.2) is 5.69 Å². The third kappa shape index (κ3) is 4.19. The molecule has 5 rings (SSSR count). The summed E-state index contributed by atoms with van der Waals surface area (Å²) in [5, 5.41) is 1.82. The lowest BCUT2D eigenvalue weighted by Gasteiger charge is -2.10. The summed E-state index contributed by atoms with van der Waals surface area (Å²) in [7, 11) is -3.78. The van der Waals surface area contributed by atoms with Crippen molar-refractivity contribution in [1.29, 1.82) is 0 Å². The molecule has 172 valence electrons. The molecule has 0 bridgehead atoms. The van der Waals surface area contributed by atoms with E-state index < -0.39 is 16.2 Å². The first-order valence-corrected chi connectivity index (χ1v) is 11.9. The number of carbonyl (C=O) groups excluding carboxylic acids is 1. The predicted molar refractivity (Wildman–Crippen MR) is 123 cm³/mol. The normalized spacial score (nSPS) is 14.9. The average Bonchev–Trinajstić information content (AvgIpc) is 3.20. The quantitative estimate of drug-likeness (QED) is 0.368. The van der Waals surface area contributed by atoms with Gasteiger partial charge in [0.2, 0.25) is 4.90 Å². The van der Waals surface area contributed by atoms with E-state index in [-0.39, 0.29) is 28.9 Å². The Kier molecular flexibility index (Phi) is 5.66. The number of pyridine rings is 1. The van der Waals surface area contributed by atoms with Crippen LogP contribution in [0.5, 0.6) is 0 Å². The highest BCUT2D eigenvalue weighted by Gasteiger charge is 2.37. The molecular formula is C24H20F2N4O3S+2. The van der Waals surface area contributed by atoms with Crippen molar-refractivity contribution < 1.29 is 27.7 Å². The van der Waals surface area contributed by atoms with Crippen molar-refractivity contribution in [3.63, 3.8) is 0 Å². The van der Waals surface area contributed by atoms with Gasteiger partial charge in [-0.05, 0) is 39.6 Å². The molecule has 0 saturated heterocycles. The Labute approximate surface area is 194 Å². The molecule has 0 saturated carbocycles. The minimum atomic E-state index is -3.78. The van der Waals surface area contributed by atoms with Crippen LogP contribution in [0.15, 0.2) is 72.0 Å². The number of amides is 1. The van der Waals surface area contributed by atoms with Gasteiger partial charge in [0, 0.05) is 18.2 Å². The van der Waals surface area contributed by atoms with E-state index >= 15 is 0 Å². The number of primary amides is 1. The molecule has 1 unspecified atom stereocenters. The zero-order chi connectivity index (χ0) is 23.9. The minimum Gasteiger partial charge on any atom is -0.337 e. The van der Waals surface area contributed by atoms with E-state index in [1.807, 2.05) is 0 Å². The minimum absolute atomic E-state index is 0.0239. The summed E-state index contributed by atoms with van der Waals surface area (Å²) in [5.41, 5.74) is 2.63. The van der Waals surface area contributed by atoms with Crippen molar-refractivity contribution in [2.45, 2.75) is 18.0 Å². The molecule has 1 amide bonds. The molecule has 0 aliphatic carbocycles. The van der Waals surface area contributed by atoms with Crippen molar-refractivity contribution >= 4 is 33.3 Å². The van der Waals surface area contributed by atoms with E-state index in [0.717, 1.165) is 5.56 Å². The van der Waals surface area contributed by atoms with Gasteiger partial charge in [-0.2, -0.15) is 4.55 Å². The van der Waals surface area contributed by atoms with Gasteiger partial charge >= 0.3 is 16.3 Å². The monoisotopic (exact) mass is 482 g/mol. The van der Waals surface area contributed by atoms with Crippen LogP contribution in [-0.4, -0.2) is 20.0 Å². The predicted octanol–water partition coefficient (Wildman–Crippen LogP) is 3.09. The smallest absolute Gasteiger partial charge is 0.337 e. The lowest BCUT2D eigenvalue weighted by atomic mass is 10.1. The first-order valence-electron chi connectivity index (χ1n) is 10.4. The summed E-state index contributed by atoms with van der Waals surface area (Å²) in [4.78, 5) is 16.8. The molecule has 4 N–H and O–H groups in total. The number of nitrogens with zero attached hydrogens (tertiary/aromatic N) is 2. The third-order valence-electron chi connectivity index (χ3n) is 5.62. The highest BCUT2D eigenvalue weighted by Crippen LogP contribution is 2.33. The molecule has 2 aromatic heterocycles. The first kappa shape index (κ1) is 22.2. The second kappa shape index (κ2) is 8.65. The Morgan fingerprint density at radius 2 is 1.68 bits per heavy atom. The van der Waals surface area contributed by atoms with E-state index in [4.69, 9.17) is 0 Å². The molecular weight excluding hydrogens is 462 g/mol. The number of halogens is 2. The van der Waals surface area contributed by atoms with Crippen molar-refractivity contribution in [3.05, 3.63) is 101 Å². The van der Waals surface area contributed by atoms with Crippen LogP contribution in [0.4, 0.5) is 8.78 Å². The zero-order valence-corrected chi connectivity index (χ0v) is 18.6. The summed E-state index contributed by atoms with van der Waals surface area (Å²) >= 11 is 0. The van der Waals surface area contributed by atoms with Crippen LogP contribution in [0.3, 0.4) is 0 Å². The van der Waals surface area contributed by atoms with Gasteiger partial charge in [0.25, 0.3) is 0 Å². The molecule has 0 spiro atoms. The average molecular weight is 483 g/mol. The summed E-state index contributed by atoms with van der Waals surface area (Å²) in [5.74, 6) is -1.05. The van der Waals surface area contributed by atoms with Crippen LogP contribution in [0, 0.1) is 11.6 Å². The van der Waals surface area contributed by atoms with Crippen LogP contribution < -0.4 is 10.0 Å². The van der Waals surface area contributed by atoms with E-state index in [1.165, 1.54) is 47.9 Å². The summed E-state index contributed by atoms with van der Waals surface area (Å²) in [6, 6.07) is 11.6. The molecule has 1 aliphatic heterocycles. The number of aromatic nitrogens is 2. The van der Waals surface area contributed by atoms with E-state index in [1.54, 1.807) is 35.2 Å². The molecule has 1 aliphatic rings. The van der Waals surface area contributed by atoms with Crippen LogP contribution in [-0.2, 0) is 27.7 Å². The van der Waals surface area contributed by atoms with Crippen molar-refractivity contribution in [3.8, 4) is 0 Å². The van der Waals surface area contributed by atoms with Gasteiger partial charge in [0.1, 0.15) is 17.8 Å². The molecule has 2 aromatic carbocycles. The molecule has 4 aromatic rings. The Hall–Kier alpha value is -3.57. The van der Waals surface area contributed by atoms with Gasteiger partial charge in [-0.25, -0.2) is 18.6 Å². The summed E-state index contributed by atoms with van der Waals surface area (Å²) in [6.07, 6.45) is 6.32. The lowest BCUT2D eigenvalue weighted by molar-refractivity contribution is -0.481. The standard InChI is InChI=1S/C24H18F2N4O3S/c25-17-5-1-15(2-6-17)11-29-34(32,33)21-14-30(13-16-3-7-18(26)8-4-16)20-12-28-23-19(22(20)21)9-10-27-24(23)31/h1-10,12,14H,11,13H2,(H2-,27,29,31,32,33)/p+2. The summed E-state index contributed by atoms with van der Waals surface area (Å²) < 4.78 is 55.5. The van der Waals surface area contributed by atoms with Crippen molar-refractivity contribution in [2.24, 2.45) is 0 Å². The summed E-state index contributed by atoms with van der Waals surface area (Å²) in [6.45, 7) is 0.324. The largest absolute Gasteiger partial charge is 0.366 e. The van der Waals surface area contributed by atoms with Crippen molar-refractivity contribution in [1.82, 2.24) is 14.3 Å². The first-order chi connectivity index (χ1) is 16.3. The number of rotatable bonds is 6. The SMILES string of the molecule is O=C1[NH2+]C=Cc2c1ncc1c2c([S+](=O)(O)NCc2ccc(F)cc2)cn1Cc1ccc(F)cc1. The number of carbonyl (C=O) groups is 1. The van der Waals surface area contributed by atoms with Gasteiger partial charge in [-0.1, -0.05) is 29.0 Å². The van der Waals surface area contributed by atoms with Crippen LogP contribution in [0.25, 0.3) is 17.0 Å². The van der Waals surface area contributed by atoms with E-state index in [2.05, 4.69) is 9.71 Å². The maximum Gasteiger partial charge on any atom is 0.366 e. The van der Waals surface area contributed by atoms with Crippen LogP contribution >= 0.6 is 0 Å². The number of nitrogens with one attached hydrogen (secondary N) is 1. The van der Waals surface area contributed by atoms with Gasteiger partial charge in [-0.15, -0.1) is 0 Å². The van der Waals surface area contributed by atoms with Crippen molar-refractivity contribution in [2.75, 3.05) is 0 Å². The number of benzene rings is 2. The molecule has 7 nitrogen and oxygen atoms in total. The molecule has 10 heteroatoms. The van der Waals surface area contributed by atoms with Crippen LogP contribution in [0.2, 0.25) is 0 Å². The number of nitrogens with two attached hydrogens (primary N) is 1. The second-order valence-corrected chi connectivity index (χ2v) is 9.67. The maximum absolute atomic E-state index is 13.5. The van der Waals surface area contributed by atoms with E-state index in [9.17, 15) is 22.3 Å². The van der Waals surface area contributed by atoms with Crippen LogP contribution in [0.1, 0.15) is 27.2 Å². The van der Waals surface area contributed by atoms with E-state index in [0.29, 0.717) is 28.6 Å². The van der Waals surface area contributed by atoms with Gasteiger partial charge in [0.05, 0.1) is 29.8 Å². The number of fused-ring (bicyclic) bond motifs is 3. The highest BCUT2D eigenvalue weighted by molar-refractivity contribution is 7.96. The Bertz CT molecular complexity index is 1480. The molecule has 1 atom stereocenters. The number of hydrogen-bond donors (Lipinski definition) is 3. The number of hydrogen-bond acceptors (Lipinski definition) is 3. The maximum atomic E-state index is 13.5. The second-order valence-electron chi connectivity index (χ2n) is 7.89. The third-order valence-corrected chi connectivity index (χ3v) is 7.06. The van der Waals surface area contributed by atoms with Gasteiger partial charge in [-0.3, -0.25) is 5.32 Å². The lowest BCUT2D eigenvalue weighted by Crippen LogP contribution is -2.83. The Balaban J connectivity index is 1.60. The fourth-order valence-corrected chi connectivity index (χ4v) is 5.21. The Morgan fingerprint density at radius 3 is 2.35 bits per heavy atom. The highest BCUT2D eigenvalue weighted by atomic mass is 32.3. The molecule has 3 heterocycles. The molecule has 0 radical (unpaired) electrons.